The Morgan fingerprint density at radius 2 is 1.64 bits per heavy atom. The fraction of sp³-hybridized carbons (Fsp3) is 0.812. The highest BCUT2D eigenvalue weighted by Gasteiger charge is 2.32. The Balaban J connectivity index is 0.00000211. The second-order valence-corrected chi connectivity index (χ2v) is 5.45. The quantitative estimate of drug-likeness (QED) is 0.384. The van der Waals surface area contributed by atoms with E-state index in [1.54, 1.807) is 6.26 Å². The van der Waals surface area contributed by atoms with Crippen LogP contribution in [0.2, 0.25) is 0 Å². The molecule has 22 heavy (non-hydrogen) atoms. The Kier molecular flexibility index (Phi) is 11.2. The fourth-order valence-electron chi connectivity index (χ4n) is 2.23. The number of ether oxygens (including phenoxy) is 3. The molecule has 0 spiro atoms. The predicted octanol–water partition coefficient (Wildman–Crippen LogP) is 3.42. The van der Waals surface area contributed by atoms with Gasteiger partial charge in [-0.2, -0.15) is 12.6 Å². The number of rotatable bonds is 9. The highest BCUT2D eigenvalue weighted by Crippen LogP contribution is 2.32. The summed E-state index contributed by atoms with van der Waals surface area (Å²) in [5.41, 5.74) is 0. The molecular formula is C16H30O5S. The monoisotopic (exact) mass is 334 g/mol. The molecule has 0 atom stereocenters. The molecule has 6 heteroatoms. The standard InChI is InChI=1S/C15H26O5.CH4S/c1-15(2)19-12(13(11-16)20-15)9-7-5-4-6-8-10-14(17)18-3;1-2/h16H,4-11H2,1-3H3;2H,1H3. The van der Waals surface area contributed by atoms with Crippen LogP contribution in [-0.2, 0) is 19.0 Å². The topological polar surface area (TPSA) is 65.0 Å². The Morgan fingerprint density at radius 3 is 2.23 bits per heavy atom. The molecule has 0 bridgehead atoms. The maximum absolute atomic E-state index is 10.9. The van der Waals surface area contributed by atoms with Crippen molar-refractivity contribution in [2.45, 2.75) is 64.6 Å². The van der Waals surface area contributed by atoms with Crippen LogP contribution in [0.5, 0.6) is 0 Å². The lowest BCUT2D eigenvalue weighted by atomic mass is 10.1. The number of carbonyl (C=O) groups excluding carboxylic acids is 1. The van der Waals surface area contributed by atoms with Crippen LogP contribution in [0.25, 0.3) is 0 Å². The third kappa shape index (κ3) is 8.54. The maximum Gasteiger partial charge on any atom is 0.305 e. The smallest absolute Gasteiger partial charge is 0.305 e. The summed E-state index contributed by atoms with van der Waals surface area (Å²) < 4.78 is 15.8. The van der Waals surface area contributed by atoms with Gasteiger partial charge in [0.1, 0.15) is 12.4 Å². The van der Waals surface area contributed by atoms with Gasteiger partial charge < -0.3 is 19.3 Å². The van der Waals surface area contributed by atoms with Crippen molar-refractivity contribution >= 4 is 18.6 Å². The minimum atomic E-state index is -0.659. The zero-order valence-electron chi connectivity index (χ0n) is 14.2. The second kappa shape index (κ2) is 11.7. The SMILES string of the molecule is COC(=O)CCCCCCCC1=C(CO)OC(C)(C)O1.CS. The van der Waals surface area contributed by atoms with Gasteiger partial charge in [-0.3, -0.25) is 4.79 Å². The number of hydrogen-bond donors (Lipinski definition) is 2. The molecule has 1 rings (SSSR count). The molecule has 0 saturated carbocycles. The van der Waals surface area contributed by atoms with Crippen LogP contribution < -0.4 is 0 Å². The molecule has 0 amide bonds. The molecule has 1 N–H and O–H groups in total. The number of methoxy groups -OCH3 is 1. The van der Waals surface area contributed by atoms with Crippen molar-refractivity contribution in [1.82, 2.24) is 0 Å². The molecule has 130 valence electrons. The van der Waals surface area contributed by atoms with E-state index in [4.69, 9.17) is 9.47 Å². The van der Waals surface area contributed by atoms with E-state index < -0.39 is 5.79 Å². The van der Waals surface area contributed by atoms with Crippen molar-refractivity contribution in [2.75, 3.05) is 20.0 Å². The number of aliphatic hydroxyl groups is 1. The van der Waals surface area contributed by atoms with E-state index in [0.29, 0.717) is 12.2 Å². The second-order valence-electron chi connectivity index (χ2n) is 5.45. The van der Waals surface area contributed by atoms with Crippen LogP contribution in [0.3, 0.4) is 0 Å². The Labute approximate surface area is 139 Å². The lowest BCUT2D eigenvalue weighted by Gasteiger charge is -2.18. The summed E-state index contributed by atoms with van der Waals surface area (Å²) in [5, 5.41) is 9.21. The first-order chi connectivity index (χ1) is 10.5. The third-order valence-electron chi connectivity index (χ3n) is 3.21. The van der Waals surface area contributed by atoms with E-state index >= 15 is 0 Å². The summed E-state index contributed by atoms with van der Waals surface area (Å²) >= 11 is 3.53. The predicted molar refractivity (Wildman–Crippen MR) is 89.6 cm³/mol. The molecule has 0 aromatic heterocycles. The first-order valence-corrected chi connectivity index (χ1v) is 8.60. The first kappa shape index (κ1) is 21.1. The minimum Gasteiger partial charge on any atom is -0.469 e. The molecule has 1 heterocycles. The zero-order chi connectivity index (χ0) is 17.0. The van der Waals surface area contributed by atoms with Gasteiger partial charge in [0.2, 0.25) is 5.79 Å². The Morgan fingerprint density at radius 1 is 1.09 bits per heavy atom. The molecular weight excluding hydrogens is 304 g/mol. The summed E-state index contributed by atoms with van der Waals surface area (Å²) in [5.74, 6) is 0.530. The molecule has 0 radical (unpaired) electrons. The van der Waals surface area contributed by atoms with E-state index in [2.05, 4.69) is 17.4 Å². The molecule has 1 aliphatic heterocycles. The molecule has 5 nitrogen and oxygen atoms in total. The molecule has 0 unspecified atom stereocenters. The van der Waals surface area contributed by atoms with Crippen molar-refractivity contribution in [3.05, 3.63) is 11.5 Å². The van der Waals surface area contributed by atoms with Crippen LogP contribution >= 0.6 is 12.6 Å². The maximum atomic E-state index is 10.9. The number of unbranched alkanes of at least 4 members (excludes halogenated alkanes) is 4. The van der Waals surface area contributed by atoms with Crippen molar-refractivity contribution < 1.29 is 24.1 Å². The summed E-state index contributed by atoms with van der Waals surface area (Å²) in [6, 6.07) is 0. The zero-order valence-corrected chi connectivity index (χ0v) is 15.1. The van der Waals surface area contributed by atoms with Gasteiger partial charge in [0.05, 0.1) is 7.11 Å². The average molecular weight is 334 g/mol. The summed E-state index contributed by atoms with van der Waals surface area (Å²) in [4.78, 5) is 10.9. The van der Waals surface area contributed by atoms with E-state index in [1.165, 1.54) is 7.11 Å². The van der Waals surface area contributed by atoms with Crippen LogP contribution in [0.15, 0.2) is 11.5 Å². The largest absolute Gasteiger partial charge is 0.469 e. The molecule has 0 saturated heterocycles. The number of allylic oxidation sites excluding steroid dienone is 1. The number of aliphatic hydroxyl groups excluding tert-OH is 1. The van der Waals surface area contributed by atoms with Gasteiger partial charge in [-0.1, -0.05) is 19.3 Å². The molecule has 0 aliphatic carbocycles. The van der Waals surface area contributed by atoms with Gasteiger partial charge in [-0.25, -0.2) is 0 Å². The number of hydrogen-bond acceptors (Lipinski definition) is 6. The minimum absolute atomic E-state index is 0.113. The van der Waals surface area contributed by atoms with Gasteiger partial charge in [-0.05, 0) is 19.1 Å². The van der Waals surface area contributed by atoms with Gasteiger partial charge in [-0.15, -0.1) is 0 Å². The van der Waals surface area contributed by atoms with E-state index in [1.807, 2.05) is 13.8 Å². The number of esters is 1. The average Bonchev–Trinajstić information content (AvgIpc) is 2.82. The lowest BCUT2D eigenvalue weighted by molar-refractivity contribution is -0.140. The summed E-state index contributed by atoms with van der Waals surface area (Å²) in [7, 11) is 1.42. The number of thiol groups is 1. The van der Waals surface area contributed by atoms with Crippen LogP contribution in [0.4, 0.5) is 0 Å². The van der Waals surface area contributed by atoms with Crippen LogP contribution in [0.1, 0.15) is 58.8 Å². The molecule has 0 aromatic carbocycles. The van der Waals surface area contributed by atoms with Crippen LogP contribution in [0, 0.1) is 0 Å². The van der Waals surface area contributed by atoms with Gasteiger partial charge in [0.15, 0.2) is 5.76 Å². The molecule has 0 aromatic rings. The normalized spacial score (nSPS) is 15.5. The fourth-order valence-corrected chi connectivity index (χ4v) is 2.23. The van der Waals surface area contributed by atoms with Gasteiger partial charge in [0, 0.05) is 26.7 Å². The lowest BCUT2D eigenvalue weighted by Crippen LogP contribution is -2.21. The van der Waals surface area contributed by atoms with Crippen molar-refractivity contribution in [1.29, 1.82) is 0 Å². The Hall–Kier alpha value is -0.880. The van der Waals surface area contributed by atoms with E-state index in [-0.39, 0.29) is 12.6 Å². The summed E-state index contributed by atoms with van der Waals surface area (Å²) in [6.45, 7) is 3.56. The van der Waals surface area contributed by atoms with Gasteiger partial charge in [0.25, 0.3) is 0 Å². The first-order valence-electron chi connectivity index (χ1n) is 7.71. The molecule has 1 aliphatic rings. The molecule has 0 fully saturated rings. The van der Waals surface area contributed by atoms with Crippen LogP contribution in [-0.4, -0.2) is 36.8 Å². The van der Waals surface area contributed by atoms with Gasteiger partial charge >= 0.3 is 5.97 Å². The van der Waals surface area contributed by atoms with E-state index in [0.717, 1.165) is 44.3 Å². The van der Waals surface area contributed by atoms with E-state index in [9.17, 15) is 9.90 Å². The third-order valence-corrected chi connectivity index (χ3v) is 3.21. The Bertz CT molecular complexity index is 352. The summed E-state index contributed by atoms with van der Waals surface area (Å²) in [6.07, 6.45) is 8.05. The van der Waals surface area contributed by atoms with Crippen molar-refractivity contribution in [3.63, 3.8) is 0 Å². The van der Waals surface area contributed by atoms with Crippen molar-refractivity contribution in [2.24, 2.45) is 0 Å². The highest BCUT2D eigenvalue weighted by atomic mass is 32.1. The number of carbonyl (C=O) groups is 1. The van der Waals surface area contributed by atoms with Crippen molar-refractivity contribution in [3.8, 4) is 0 Å². The highest BCUT2D eigenvalue weighted by molar-refractivity contribution is 7.79.